The summed E-state index contributed by atoms with van der Waals surface area (Å²) < 4.78 is 0. The van der Waals surface area contributed by atoms with Gasteiger partial charge in [0.25, 0.3) is 0 Å². The fraction of sp³-hybridized carbons (Fsp3) is 0.929. The van der Waals surface area contributed by atoms with Gasteiger partial charge in [0.15, 0.2) is 0 Å². The van der Waals surface area contributed by atoms with Gasteiger partial charge in [-0.3, -0.25) is 0 Å². The normalized spacial score (nSPS) is 46.5. The Kier molecular flexibility index (Phi) is 6.04. The standard InChI is InChI=1S/C28H48O/c1-18(2)19(3)7-8-20(4)24-11-12-25-23-10-9-21-17-22(29)13-15-27(21,5)26(23)14-16-28(24,25)6/h10,18-22,24-26,29H,7-9,11-17H2,1-6H3/t19?,20?,21?,22-,24+,25-,26-,27-,28+/m0/s1. The van der Waals surface area contributed by atoms with Gasteiger partial charge in [-0.1, -0.05) is 66.0 Å². The first kappa shape index (κ1) is 21.9. The molecule has 1 nitrogen and oxygen atoms in total. The van der Waals surface area contributed by atoms with Crippen molar-refractivity contribution in [2.75, 3.05) is 0 Å². The molecule has 0 heterocycles. The van der Waals surface area contributed by atoms with Crippen molar-refractivity contribution in [3.05, 3.63) is 11.6 Å². The molecule has 3 unspecified atom stereocenters. The van der Waals surface area contributed by atoms with Gasteiger partial charge in [-0.15, -0.1) is 0 Å². The molecule has 0 aromatic carbocycles. The SMILES string of the molecule is CC(C)C(C)CCC(C)[C@H]1CC[C@H]2C3=CCC4C[C@@H](O)CC[C@]4(C)[C@H]3CC[C@]12C. The Hall–Kier alpha value is -0.300. The highest BCUT2D eigenvalue weighted by atomic mass is 16.3. The van der Waals surface area contributed by atoms with Crippen LogP contribution in [0, 0.1) is 52.3 Å². The van der Waals surface area contributed by atoms with E-state index in [0.29, 0.717) is 10.8 Å². The predicted molar refractivity (Wildman–Crippen MR) is 124 cm³/mol. The zero-order chi connectivity index (χ0) is 21.0. The van der Waals surface area contributed by atoms with Crippen LogP contribution < -0.4 is 0 Å². The Labute approximate surface area is 181 Å². The molecule has 4 aliphatic carbocycles. The summed E-state index contributed by atoms with van der Waals surface area (Å²) in [6.45, 7) is 15.1. The zero-order valence-corrected chi connectivity index (χ0v) is 20.2. The molecule has 4 aliphatic rings. The predicted octanol–water partition coefficient (Wildman–Crippen LogP) is 7.63. The van der Waals surface area contributed by atoms with Crippen LogP contribution in [0.5, 0.6) is 0 Å². The monoisotopic (exact) mass is 400 g/mol. The van der Waals surface area contributed by atoms with E-state index in [0.717, 1.165) is 54.3 Å². The van der Waals surface area contributed by atoms with Gasteiger partial charge < -0.3 is 5.11 Å². The van der Waals surface area contributed by atoms with E-state index >= 15 is 0 Å². The van der Waals surface area contributed by atoms with Crippen LogP contribution in [0.1, 0.15) is 106 Å². The van der Waals surface area contributed by atoms with E-state index in [4.69, 9.17) is 0 Å². The van der Waals surface area contributed by atoms with Gasteiger partial charge in [-0.05, 0) is 104 Å². The van der Waals surface area contributed by atoms with E-state index < -0.39 is 0 Å². The molecule has 0 bridgehead atoms. The molecule has 0 aromatic rings. The molecule has 0 amide bonds. The molecular formula is C28H48O. The second-order valence-corrected chi connectivity index (χ2v) is 12.7. The minimum Gasteiger partial charge on any atom is -0.393 e. The van der Waals surface area contributed by atoms with Crippen molar-refractivity contribution in [1.82, 2.24) is 0 Å². The van der Waals surface area contributed by atoms with Crippen molar-refractivity contribution < 1.29 is 5.11 Å². The van der Waals surface area contributed by atoms with Crippen molar-refractivity contribution in [3.8, 4) is 0 Å². The van der Waals surface area contributed by atoms with E-state index in [2.05, 4.69) is 47.6 Å². The van der Waals surface area contributed by atoms with Gasteiger partial charge in [0, 0.05) is 0 Å². The lowest BCUT2D eigenvalue weighted by Crippen LogP contribution is -2.49. The van der Waals surface area contributed by atoms with Crippen LogP contribution in [0.4, 0.5) is 0 Å². The molecule has 9 atom stereocenters. The highest BCUT2D eigenvalue weighted by molar-refractivity contribution is 5.27. The summed E-state index contributed by atoms with van der Waals surface area (Å²) >= 11 is 0. The maximum atomic E-state index is 10.2. The summed E-state index contributed by atoms with van der Waals surface area (Å²) in [6, 6.07) is 0. The molecule has 0 spiro atoms. The van der Waals surface area contributed by atoms with Gasteiger partial charge in [0.1, 0.15) is 0 Å². The quantitative estimate of drug-likeness (QED) is 0.470. The number of fused-ring (bicyclic) bond motifs is 5. The Morgan fingerprint density at radius 1 is 0.931 bits per heavy atom. The van der Waals surface area contributed by atoms with Crippen LogP contribution in [0.25, 0.3) is 0 Å². The Morgan fingerprint density at radius 2 is 1.62 bits per heavy atom. The number of hydrogen-bond acceptors (Lipinski definition) is 1. The summed E-state index contributed by atoms with van der Waals surface area (Å²) in [5.41, 5.74) is 2.88. The van der Waals surface area contributed by atoms with Crippen molar-refractivity contribution in [2.45, 2.75) is 112 Å². The van der Waals surface area contributed by atoms with Crippen LogP contribution >= 0.6 is 0 Å². The van der Waals surface area contributed by atoms with E-state index in [9.17, 15) is 5.11 Å². The smallest absolute Gasteiger partial charge is 0.0543 e. The zero-order valence-electron chi connectivity index (χ0n) is 20.2. The molecule has 1 N–H and O–H groups in total. The van der Waals surface area contributed by atoms with E-state index in [-0.39, 0.29) is 6.10 Å². The first-order valence-electron chi connectivity index (χ1n) is 13.0. The van der Waals surface area contributed by atoms with Crippen molar-refractivity contribution >= 4 is 0 Å². The van der Waals surface area contributed by atoms with Gasteiger partial charge >= 0.3 is 0 Å². The summed E-state index contributed by atoms with van der Waals surface area (Å²) in [5.74, 6) is 5.85. The minimum atomic E-state index is -0.0400. The molecule has 0 saturated heterocycles. The summed E-state index contributed by atoms with van der Waals surface area (Å²) in [4.78, 5) is 0. The molecule has 1 heteroatoms. The number of rotatable bonds is 5. The number of allylic oxidation sites excluding steroid dienone is 2. The molecule has 29 heavy (non-hydrogen) atoms. The first-order valence-corrected chi connectivity index (χ1v) is 13.0. The van der Waals surface area contributed by atoms with E-state index in [1.165, 1.54) is 51.4 Å². The Balaban J connectivity index is 1.50. The third-order valence-electron chi connectivity index (χ3n) is 11.0. The Bertz CT molecular complexity index is 620. The largest absolute Gasteiger partial charge is 0.393 e. The fourth-order valence-corrected chi connectivity index (χ4v) is 8.53. The fourth-order valence-electron chi connectivity index (χ4n) is 8.53. The van der Waals surface area contributed by atoms with Gasteiger partial charge in [-0.25, -0.2) is 0 Å². The lowest BCUT2D eigenvalue weighted by molar-refractivity contribution is -0.0428. The maximum Gasteiger partial charge on any atom is 0.0543 e. The third-order valence-corrected chi connectivity index (χ3v) is 11.0. The minimum absolute atomic E-state index is 0.0400. The highest BCUT2D eigenvalue weighted by Crippen LogP contribution is 2.67. The summed E-state index contributed by atoms with van der Waals surface area (Å²) in [6.07, 6.45) is 15.8. The number of aliphatic hydroxyl groups is 1. The van der Waals surface area contributed by atoms with Crippen LogP contribution in [0.3, 0.4) is 0 Å². The van der Waals surface area contributed by atoms with Crippen molar-refractivity contribution in [1.29, 1.82) is 0 Å². The highest BCUT2D eigenvalue weighted by Gasteiger charge is 2.58. The molecule has 0 aromatic heterocycles. The average Bonchev–Trinajstić information content (AvgIpc) is 3.03. The van der Waals surface area contributed by atoms with Gasteiger partial charge in [0.05, 0.1) is 6.10 Å². The molecule has 0 radical (unpaired) electrons. The van der Waals surface area contributed by atoms with Gasteiger partial charge in [-0.2, -0.15) is 0 Å². The number of aliphatic hydroxyl groups excluding tert-OH is 1. The van der Waals surface area contributed by atoms with Crippen LogP contribution in [-0.2, 0) is 0 Å². The molecular weight excluding hydrogens is 352 g/mol. The van der Waals surface area contributed by atoms with E-state index in [1.54, 1.807) is 0 Å². The molecule has 166 valence electrons. The summed E-state index contributed by atoms with van der Waals surface area (Å²) in [5, 5.41) is 10.2. The first-order chi connectivity index (χ1) is 13.7. The molecule has 4 rings (SSSR count). The second kappa shape index (κ2) is 7.99. The van der Waals surface area contributed by atoms with E-state index in [1.807, 2.05) is 5.57 Å². The maximum absolute atomic E-state index is 10.2. The molecule has 3 fully saturated rings. The molecule has 0 aliphatic heterocycles. The number of hydrogen-bond donors (Lipinski definition) is 1. The van der Waals surface area contributed by atoms with Crippen LogP contribution in [-0.4, -0.2) is 11.2 Å². The average molecular weight is 401 g/mol. The van der Waals surface area contributed by atoms with Crippen LogP contribution in [0.2, 0.25) is 0 Å². The Morgan fingerprint density at radius 3 is 2.34 bits per heavy atom. The van der Waals surface area contributed by atoms with Crippen LogP contribution in [0.15, 0.2) is 11.6 Å². The third kappa shape index (κ3) is 3.66. The van der Waals surface area contributed by atoms with Crippen molar-refractivity contribution in [3.63, 3.8) is 0 Å². The van der Waals surface area contributed by atoms with Gasteiger partial charge in [0.2, 0.25) is 0 Å². The lowest BCUT2D eigenvalue weighted by Gasteiger charge is -2.57. The topological polar surface area (TPSA) is 20.2 Å². The summed E-state index contributed by atoms with van der Waals surface area (Å²) in [7, 11) is 0. The van der Waals surface area contributed by atoms with Crippen molar-refractivity contribution in [2.24, 2.45) is 52.3 Å². The second-order valence-electron chi connectivity index (χ2n) is 12.7. The lowest BCUT2D eigenvalue weighted by atomic mass is 9.47. The molecule has 3 saturated carbocycles.